The van der Waals surface area contributed by atoms with E-state index in [1.807, 2.05) is 10.8 Å². The lowest BCUT2D eigenvalue weighted by Gasteiger charge is -2.14. The maximum Gasteiger partial charge on any atom is 0.303 e. The minimum atomic E-state index is -4.16. The van der Waals surface area contributed by atoms with Gasteiger partial charge in [0.25, 0.3) is 15.9 Å². The van der Waals surface area contributed by atoms with Crippen molar-refractivity contribution in [3.63, 3.8) is 0 Å². The molecule has 0 saturated heterocycles. The number of carboxylic acids is 1. The first-order valence-corrected chi connectivity index (χ1v) is 11.1. The van der Waals surface area contributed by atoms with Crippen LogP contribution in [0.4, 0.5) is 5.69 Å². The summed E-state index contributed by atoms with van der Waals surface area (Å²) in [4.78, 5) is 35.2. The molecular weight excluding hydrogens is 420 g/mol. The highest BCUT2D eigenvalue weighted by molar-refractivity contribution is 7.90. The molecule has 1 unspecified atom stereocenters. The van der Waals surface area contributed by atoms with Crippen LogP contribution in [0.25, 0.3) is 6.08 Å². The molecule has 0 aromatic heterocycles. The molecule has 0 fully saturated rings. The molecule has 0 aliphatic carbocycles. The summed E-state index contributed by atoms with van der Waals surface area (Å²) in [5.41, 5.74) is 1.54. The third-order valence-corrected chi connectivity index (χ3v) is 6.02. The zero-order chi connectivity index (χ0) is 23.0. The number of carbonyl (C=O) groups is 3. The summed E-state index contributed by atoms with van der Waals surface area (Å²) in [6.45, 7) is 5.37. The van der Waals surface area contributed by atoms with Crippen molar-refractivity contribution in [3.05, 3.63) is 66.2 Å². The monoisotopic (exact) mass is 444 g/mol. The predicted molar refractivity (Wildman–Crippen MR) is 117 cm³/mol. The fraction of sp³-hybridized carbons (Fsp3) is 0.227. The first-order chi connectivity index (χ1) is 14.7. The van der Waals surface area contributed by atoms with E-state index in [-0.39, 0.29) is 23.3 Å². The number of hydrogen-bond acceptors (Lipinski definition) is 5. The Balaban J connectivity index is 2.10. The summed E-state index contributed by atoms with van der Waals surface area (Å²) in [5.74, 6) is -2.98. The van der Waals surface area contributed by atoms with E-state index < -0.39 is 33.7 Å². The number of para-hydroxylation sites is 1. The second kappa shape index (κ2) is 10.5. The number of benzene rings is 2. The van der Waals surface area contributed by atoms with Gasteiger partial charge in [0.1, 0.15) is 0 Å². The van der Waals surface area contributed by atoms with Crippen LogP contribution >= 0.6 is 0 Å². The minimum Gasteiger partial charge on any atom is -0.481 e. The molecule has 0 bridgehead atoms. The van der Waals surface area contributed by atoms with Crippen molar-refractivity contribution in [2.24, 2.45) is 5.92 Å². The van der Waals surface area contributed by atoms with E-state index in [0.29, 0.717) is 12.1 Å². The van der Waals surface area contributed by atoms with Gasteiger partial charge in [-0.2, -0.15) is 0 Å². The van der Waals surface area contributed by atoms with E-state index in [2.05, 4.69) is 11.9 Å². The number of aliphatic carboxylic acids is 1. The predicted octanol–water partition coefficient (Wildman–Crippen LogP) is 3.28. The van der Waals surface area contributed by atoms with Crippen molar-refractivity contribution in [1.29, 1.82) is 0 Å². The summed E-state index contributed by atoms with van der Waals surface area (Å²) in [6.07, 6.45) is 1.72. The topological polar surface area (TPSA) is 130 Å². The molecule has 9 heteroatoms. The molecule has 2 amide bonds. The Kier molecular flexibility index (Phi) is 8.09. The molecule has 1 atom stereocenters. The molecule has 0 radical (unpaired) electrons. The van der Waals surface area contributed by atoms with Crippen LogP contribution in [0, 0.1) is 5.92 Å². The Morgan fingerprint density at radius 3 is 2.32 bits per heavy atom. The van der Waals surface area contributed by atoms with Crippen molar-refractivity contribution in [2.75, 3.05) is 5.32 Å². The van der Waals surface area contributed by atoms with Crippen molar-refractivity contribution in [1.82, 2.24) is 4.72 Å². The number of nitrogens with one attached hydrogen (secondary N) is 2. The van der Waals surface area contributed by atoms with E-state index >= 15 is 0 Å². The van der Waals surface area contributed by atoms with Gasteiger partial charge in [-0.05, 0) is 48.7 Å². The molecule has 0 aliphatic rings. The third kappa shape index (κ3) is 6.51. The van der Waals surface area contributed by atoms with Crippen LogP contribution in [0.3, 0.4) is 0 Å². The number of amides is 2. The Labute approximate surface area is 181 Å². The lowest BCUT2D eigenvalue weighted by Crippen LogP contribution is -2.35. The highest BCUT2D eigenvalue weighted by atomic mass is 32.2. The fourth-order valence-electron chi connectivity index (χ4n) is 2.86. The summed E-state index contributed by atoms with van der Waals surface area (Å²) in [7, 11) is -4.16. The van der Waals surface area contributed by atoms with Gasteiger partial charge in [0.15, 0.2) is 0 Å². The van der Waals surface area contributed by atoms with E-state index in [0.717, 1.165) is 5.56 Å². The minimum absolute atomic E-state index is 0.0402. The second-order valence-corrected chi connectivity index (χ2v) is 8.46. The molecule has 2 rings (SSSR count). The quantitative estimate of drug-likeness (QED) is 0.516. The summed E-state index contributed by atoms with van der Waals surface area (Å²) in [6, 6.07) is 12.2. The zero-order valence-corrected chi connectivity index (χ0v) is 17.8. The second-order valence-electron chi connectivity index (χ2n) is 6.78. The molecule has 8 nitrogen and oxygen atoms in total. The van der Waals surface area contributed by atoms with E-state index in [1.165, 1.54) is 24.3 Å². The number of rotatable bonds is 10. The number of sulfonamides is 1. The molecular formula is C22H24N2O6S. The van der Waals surface area contributed by atoms with Gasteiger partial charge in [-0.25, -0.2) is 13.1 Å². The average Bonchev–Trinajstić information content (AvgIpc) is 2.74. The van der Waals surface area contributed by atoms with Crippen LogP contribution in [0.5, 0.6) is 0 Å². The van der Waals surface area contributed by atoms with Crippen molar-refractivity contribution < 1.29 is 27.9 Å². The van der Waals surface area contributed by atoms with Gasteiger partial charge in [0.05, 0.1) is 4.90 Å². The van der Waals surface area contributed by atoms with Gasteiger partial charge < -0.3 is 10.4 Å². The third-order valence-electron chi connectivity index (χ3n) is 4.66. The highest BCUT2D eigenvalue weighted by Gasteiger charge is 2.24. The SMILES string of the molecule is C=Cc1ccccc1NC(=O)c1ccc(S(=O)(=O)NC(=O)C(CC)CCC(=O)O)cc1. The van der Waals surface area contributed by atoms with E-state index in [9.17, 15) is 22.8 Å². The highest BCUT2D eigenvalue weighted by Crippen LogP contribution is 2.19. The first-order valence-electron chi connectivity index (χ1n) is 9.59. The first kappa shape index (κ1) is 23.8. The standard InChI is InChI=1S/C22H24N2O6S/c1-3-15-7-5-6-8-19(15)23-21(27)17-9-12-18(13-10-17)31(29,30)24-22(28)16(4-2)11-14-20(25)26/h3,5-10,12-13,16H,1,4,11,14H2,2H3,(H,23,27)(H,24,28)(H,25,26). The largest absolute Gasteiger partial charge is 0.481 e. The smallest absolute Gasteiger partial charge is 0.303 e. The molecule has 3 N–H and O–H groups in total. The van der Waals surface area contributed by atoms with Gasteiger partial charge in [0.2, 0.25) is 5.91 Å². The molecule has 164 valence electrons. The van der Waals surface area contributed by atoms with Gasteiger partial charge in [-0.1, -0.05) is 37.8 Å². The van der Waals surface area contributed by atoms with Crippen molar-refractivity contribution >= 4 is 39.6 Å². The lowest BCUT2D eigenvalue weighted by molar-refractivity contribution is -0.137. The maximum absolute atomic E-state index is 12.5. The van der Waals surface area contributed by atoms with Gasteiger partial charge >= 0.3 is 5.97 Å². The zero-order valence-electron chi connectivity index (χ0n) is 17.0. The number of anilines is 1. The number of carboxylic acid groups (broad SMARTS) is 1. The summed E-state index contributed by atoms with van der Waals surface area (Å²) >= 11 is 0. The van der Waals surface area contributed by atoms with Crippen LogP contribution in [-0.2, 0) is 19.6 Å². The normalized spacial score (nSPS) is 11.9. The van der Waals surface area contributed by atoms with E-state index in [1.54, 1.807) is 31.2 Å². The Bertz CT molecular complexity index is 1080. The van der Waals surface area contributed by atoms with Crippen molar-refractivity contribution in [2.45, 2.75) is 31.1 Å². The van der Waals surface area contributed by atoms with Crippen molar-refractivity contribution in [3.8, 4) is 0 Å². The van der Waals surface area contributed by atoms with E-state index in [4.69, 9.17) is 5.11 Å². The lowest BCUT2D eigenvalue weighted by atomic mass is 10.00. The average molecular weight is 445 g/mol. The molecule has 0 heterocycles. The molecule has 2 aromatic rings. The summed E-state index contributed by atoms with van der Waals surface area (Å²) < 4.78 is 27.0. The Hall–Kier alpha value is -3.46. The van der Waals surface area contributed by atoms with Crippen LogP contribution in [0.1, 0.15) is 42.1 Å². The molecule has 0 spiro atoms. The van der Waals surface area contributed by atoms with Crippen LogP contribution in [0.2, 0.25) is 0 Å². The molecule has 0 saturated carbocycles. The van der Waals surface area contributed by atoms with Crippen LogP contribution < -0.4 is 10.0 Å². The molecule has 0 aliphatic heterocycles. The molecule has 2 aromatic carbocycles. The Morgan fingerprint density at radius 1 is 1.10 bits per heavy atom. The number of hydrogen-bond donors (Lipinski definition) is 3. The summed E-state index contributed by atoms with van der Waals surface area (Å²) in [5, 5.41) is 11.5. The number of carbonyl (C=O) groups excluding carboxylic acids is 2. The fourth-order valence-corrected chi connectivity index (χ4v) is 3.91. The Morgan fingerprint density at radius 2 is 1.74 bits per heavy atom. The van der Waals surface area contributed by atoms with Gasteiger partial charge in [0, 0.05) is 23.6 Å². The molecule has 31 heavy (non-hydrogen) atoms. The van der Waals surface area contributed by atoms with Crippen LogP contribution in [0.15, 0.2) is 60.0 Å². The van der Waals surface area contributed by atoms with Gasteiger partial charge in [-0.15, -0.1) is 0 Å². The van der Waals surface area contributed by atoms with Gasteiger partial charge in [-0.3, -0.25) is 14.4 Å². The maximum atomic E-state index is 12.5. The van der Waals surface area contributed by atoms with Crippen LogP contribution in [-0.4, -0.2) is 31.3 Å².